The van der Waals surface area contributed by atoms with Crippen molar-refractivity contribution in [3.8, 4) is 0 Å². The van der Waals surface area contributed by atoms with E-state index in [0.29, 0.717) is 16.5 Å². The Morgan fingerprint density at radius 2 is 2.43 bits per heavy atom. The summed E-state index contributed by atoms with van der Waals surface area (Å²) < 4.78 is 6.66. The summed E-state index contributed by atoms with van der Waals surface area (Å²) in [7, 11) is 1.38. The zero-order valence-corrected chi connectivity index (χ0v) is 12.7. The molecule has 0 bridgehead atoms. The van der Waals surface area contributed by atoms with E-state index in [9.17, 15) is 4.79 Å². The van der Waals surface area contributed by atoms with Crippen molar-refractivity contribution in [2.45, 2.75) is 25.3 Å². The van der Waals surface area contributed by atoms with Crippen molar-refractivity contribution >= 4 is 28.0 Å². The van der Waals surface area contributed by atoms with Crippen LogP contribution in [0, 0.1) is 0 Å². The number of hydrogen-bond acceptors (Lipinski definition) is 6. The second-order valence-electron chi connectivity index (χ2n) is 5.05. The fourth-order valence-electron chi connectivity index (χ4n) is 2.33. The number of nitrogens with zero attached hydrogens (tertiary/aromatic N) is 2. The van der Waals surface area contributed by atoms with Gasteiger partial charge in [-0.2, -0.15) is 5.10 Å². The molecule has 0 aliphatic heterocycles. The maximum atomic E-state index is 11.8. The van der Waals surface area contributed by atoms with Crippen molar-refractivity contribution < 1.29 is 9.53 Å². The molecule has 3 N–H and O–H groups in total. The number of nitrogen functional groups attached to an aromatic ring is 1. The number of carbonyl (C=O) groups excluding carboxylic acids is 1. The highest BCUT2D eigenvalue weighted by molar-refractivity contribution is 7.18. The molecular formula is C14H18N4O2S. The Balaban J connectivity index is 1.75. The number of esters is 1. The van der Waals surface area contributed by atoms with Crippen LogP contribution in [0.1, 0.15) is 34.0 Å². The summed E-state index contributed by atoms with van der Waals surface area (Å²) in [6.45, 7) is 1.50. The molecule has 1 aliphatic rings. The fourth-order valence-corrected chi connectivity index (χ4v) is 3.48. The Labute approximate surface area is 126 Å². The van der Waals surface area contributed by atoms with Crippen LogP contribution in [-0.4, -0.2) is 29.4 Å². The molecule has 0 atom stereocenters. The van der Waals surface area contributed by atoms with E-state index in [2.05, 4.69) is 10.4 Å². The Bertz CT molecular complexity index is 632. The van der Waals surface area contributed by atoms with E-state index in [-0.39, 0.29) is 5.97 Å². The van der Waals surface area contributed by atoms with E-state index in [4.69, 9.17) is 10.5 Å². The average Bonchev–Trinajstić information content (AvgIpc) is 3.07. The van der Waals surface area contributed by atoms with Crippen LogP contribution in [0.2, 0.25) is 0 Å². The van der Waals surface area contributed by atoms with Gasteiger partial charge in [-0.15, -0.1) is 11.3 Å². The maximum absolute atomic E-state index is 11.8. The first-order chi connectivity index (χ1) is 10.2. The van der Waals surface area contributed by atoms with E-state index >= 15 is 0 Å². The summed E-state index contributed by atoms with van der Waals surface area (Å²) >= 11 is 1.38. The number of ether oxygens (including phenoxy) is 1. The quantitative estimate of drug-likeness (QED) is 0.800. The largest absolute Gasteiger partial charge is 0.465 e. The topological polar surface area (TPSA) is 82.2 Å². The summed E-state index contributed by atoms with van der Waals surface area (Å²) in [4.78, 5) is 12.3. The molecule has 21 heavy (non-hydrogen) atoms. The van der Waals surface area contributed by atoms with Gasteiger partial charge in [0.15, 0.2) is 0 Å². The number of nitrogens with two attached hydrogens (primary N) is 1. The number of thiophene rings is 1. The Kier molecular flexibility index (Phi) is 3.83. The molecule has 0 aromatic carbocycles. The Hall–Kier alpha value is -2.02. The first-order valence-corrected chi connectivity index (χ1v) is 7.74. The number of carbonyl (C=O) groups is 1. The normalized spacial score (nSPS) is 14.1. The van der Waals surface area contributed by atoms with Gasteiger partial charge in [0.1, 0.15) is 4.88 Å². The minimum absolute atomic E-state index is 0.362. The van der Waals surface area contributed by atoms with Gasteiger partial charge >= 0.3 is 5.97 Å². The molecule has 0 amide bonds. The molecule has 7 heteroatoms. The molecular weight excluding hydrogens is 288 g/mol. The van der Waals surface area contributed by atoms with Crippen molar-refractivity contribution in [3.05, 3.63) is 28.9 Å². The molecule has 2 heterocycles. The number of methoxy groups -OCH3 is 1. The molecule has 0 saturated heterocycles. The van der Waals surface area contributed by atoms with Crippen LogP contribution < -0.4 is 11.1 Å². The van der Waals surface area contributed by atoms with Gasteiger partial charge in [-0.3, -0.25) is 4.68 Å². The van der Waals surface area contributed by atoms with Crippen LogP contribution in [0.25, 0.3) is 0 Å². The molecule has 2 aromatic heterocycles. The molecule has 0 spiro atoms. The number of nitrogens with one attached hydrogen (secondary N) is 1. The van der Waals surface area contributed by atoms with Gasteiger partial charge in [0.05, 0.1) is 24.3 Å². The first-order valence-electron chi connectivity index (χ1n) is 6.92. The summed E-state index contributed by atoms with van der Waals surface area (Å²) in [5.41, 5.74) is 7.80. The van der Waals surface area contributed by atoms with Crippen LogP contribution in [0.3, 0.4) is 0 Å². The highest BCUT2D eigenvalue weighted by atomic mass is 32.1. The molecule has 1 fully saturated rings. The maximum Gasteiger partial charge on any atom is 0.350 e. The van der Waals surface area contributed by atoms with Crippen molar-refractivity contribution in [1.29, 1.82) is 0 Å². The number of anilines is 2. The Morgan fingerprint density at radius 1 is 1.62 bits per heavy atom. The highest BCUT2D eigenvalue weighted by Crippen LogP contribution is 2.50. The van der Waals surface area contributed by atoms with Gasteiger partial charge in [0, 0.05) is 24.5 Å². The SMILES string of the molecule is COC(=O)c1sc(NCCn2cccn2)c(C2CC2)c1N. The number of rotatable bonds is 6. The first kappa shape index (κ1) is 13.9. The lowest BCUT2D eigenvalue weighted by molar-refractivity contribution is 0.0607. The van der Waals surface area contributed by atoms with Gasteiger partial charge in [0.25, 0.3) is 0 Å². The predicted molar refractivity (Wildman–Crippen MR) is 82.8 cm³/mol. The molecule has 1 saturated carbocycles. The van der Waals surface area contributed by atoms with Gasteiger partial charge in [-0.25, -0.2) is 4.79 Å². The number of aromatic nitrogens is 2. The summed E-state index contributed by atoms with van der Waals surface area (Å²) in [6.07, 6.45) is 5.95. The third kappa shape index (κ3) is 2.87. The summed E-state index contributed by atoms with van der Waals surface area (Å²) in [6, 6.07) is 1.90. The molecule has 0 unspecified atom stereocenters. The molecule has 1 aliphatic carbocycles. The lowest BCUT2D eigenvalue weighted by Gasteiger charge is -2.07. The van der Waals surface area contributed by atoms with Crippen LogP contribution >= 0.6 is 11.3 Å². The fraction of sp³-hybridized carbons (Fsp3) is 0.429. The second-order valence-corrected chi connectivity index (χ2v) is 6.07. The summed E-state index contributed by atoms with van der Waals surface area (Å²) in [5, 5.41) is 8.53. The van der Waals surface area contributed by atoms with Crippen LogP contribution in [0.15, 0.2) is 18.5 Å². The molecule has 2 aromatic rings. The van der Waals surface area contributed by atoms with E-state index in [1.54, 1.807) is 6.20 Å². The smallest absolute Gasteiger partial charge is 0.350 e. The summed E-state index contributed by atoms with van der Waals surface area (Å²) in [5.74, 6) is 0.117. The van der Waals surface area contributed by atoms with Gasteiger partial charge in [-0.1, -0.05) is 0 Å². The van der Waals surface area contributed by atoms with Crippen LogP contribution in [-0.2, 0) is 11.3 Å². The molecule has 0 radical (unpaired) electrons. The zero-order chi connectivity index (χ0) is 14.8. The monoisotopic (exact) mass is 306 g/mol. The van der Waals surface area contributed by atoms with Crippen LogP contribution in [0.4, 0.5) is 10.7 Å². The lowest BCUT2D eigenvalue weighted by atomic mass is 10.1. The van der Waals surface area contributed by atoms with Crippen molar-refractivity contribution in [2.75, 3.05) is 24.7 Å². The lowest BCUT2D eigenvalue weighted by Crippen LogP contribution is -2.10. The third-order valence-corrected chi connectivity index (χ3v) is 4.68. The highest BCUT2D eigenvalue weighted by Gasteiger charge is 2.33. The van der Waals surface area contributed by atoms with Crippen molar-refractivity contribution in [2.24, 2.45) is 0 Å². The third-order valence-electron chi connectivity index (χ3n) is 3.53. The molecule has 6 nitrogen and oxygen atoms in total. The minimum atomic E-state index is -0.362. The van der Waals surface area contributed by atoms with E-state index < -0.39 is 0 Å². The van der Waals surface area contributed by atoms with Crippen molar-refractivity contribution in [3.63, 3.8) is 0 Å². The van der Waals surface area contributed by atoms with Gasteiger partial charge in [0.2, 0.25) is 0 Å². The molecule has 3 rings (SSSR count). The zero-order valence-electron chi connectivity index (χ0n) is 11.8. The van der Waals surface area contributed by atoms with Gasteiger partial charge in [-0.05, 0) is 24.8 Å². The average molecular weight is 306 g/mol. The van der Waals surface area contributed by atoms with E-state index in [0.717, 1.165) is 36.5 Å². The Morgan fingerprint density at radius 3 is 3.05 bits per heavy atom. The predicted octanol–water partition coefficient (Wildman–Crippen LogP) is 2.30. The van der Waals surface area contributed by atoms with E-state index in [1.165, 1.54) is 18.4 Å². The van der Waals surface area contributed by atoms with Crippen molar-refractivity contribution in [1.82, 2.24) is 9.78 Å². The van der Waals surface area contributed by atoms with Gasteiger partial charge < -0.3 is 15.8 Å². The molecule has 112 valence electrons. The van der Waals surface area contributed by atoms with E-state index in [1.807, 2.05) is 16.9 Å². The minimum Gasteiger partial charge on any atom is -0.465 e. The second kappa shape index (κ2) is 5.77. The standard InChI is InChI=1S/C14H18N4O2S/c1-20-14(19)12-11(15)10(9-3-4-9)13(21-12)16-6-8-18-7-2-5-17-18/h2,5,7,9,16H,3-4,6,8,15H2,1H3. The number of hydrogen-bond donors (Lipinski definition) is 2. The van der Waals surface area contributed by atoms with Crippen LogP contribution in [0.5, 0.6) is 0 Å².